The van der Waals surface area contributed by atoms with E-state index in [1.54, 1.807) is 0 Å². The largest absolute Gasteiger partial charge is 0.481 e. The summed E-state index contributed by atoms with van der Waals surface area (Å²) in [7, 11) is 0. The molecular weight excluding hydrogens is 550 g/mol. The first-order valence-corrected chi connectivity index (χ1v) is 14.1. The number of thiol groups is 1. The lowest BCUT2D eigenvalue weighted by atomic mass is 9.98. The van der Waals surface area contributed by atoms with Crippen molar-refractivity contribution in [1.29, 1.82) is 0 Å². The molecule has 0 bridgehead atoms. The number of aliphatic carboxylic acids is 2. The maximum atomic E-state index is 12.5. The molecule has 0 saturated carbocycles. The van der Waals surface area contributed by atoms with Gasteiger partial charge in [0.2, 0.25) is 11.8 Å². The Bertz CT molecular complexity index is 1210. The first-order chi connectivity index (χ1) is 19.7. The molecule has 41 heavy (non-hydrogen) atoms. The summed E-state index contributed by atoms with van der Waals surface area (Å²) in [5.74, 6) is -3.33. The zero-order chi connectivity index (χ0) is 29.8. The van der Waals surface area contributed by atoms with Gasteiger partial charge in [-0.15, -0.1) is 0 Å². The lowest BCUT2D eigenvalue weighted by molar-refractivity contribution is -0.143. The fourth-order valence-electron chi connectivity index (χ4n) is 4.69. The predicted molar refractivity (Wildman–Crippen MR) is 154 cm³/mol. The third kappa shape index (κ3) is 9.24. The quantitative estimate of drug-likeness (QED) is 0.129. The zero-order valence-corrected chi connectivity index (χ0v) is 23.4. The predicted octanol–water partition coefficient (Wildman–Crippen LogP) is 2.93. The van der Waals surface area contributed by atoms with Crippen LogP contribution in [0, 0.1) is 0 Å². The number of amides is 3. The molecule has 5 N–H and O–H groups in total. The molecule has 2 atom stereocenters. The maximum Gasteiger partial charge on any atom is 0.407 e. The third-order valence-electron chi connectivity index (χ3n) is 6.79. The number of rotatable bonds is 16. The molecule has 2 aromatic rings. The molecule has 0 spiro atoms. The smallest absolute Gasteiger partial charge is 0.407 e. The Morgan fingerprint density at radius 3 is 2.05 bits per heavy atom. The number of ether oxygens (including phenoxy) is 1. The summed E-state index contributed by atoms with van der Waals surface area (Å²) in [6.07, 6.45) is 0.416. The van der Waals surface area contributed by atoms with Crippen molar-refractivity contribution in [3.8, 4) is 11.1 Å². The number of hydrogen-bond donors (Lipinski definition) is 6. The van der Waals surface area contributed by atoms with Crippen molar-refractivity contribution in [2.45, 2.75) is 56.5 Å². The van der Waals surface area contributed by atoms with Crippen molar-refractivity contribution in [3.05, 3.63) is 59.7 Å². The summed E-state index contributed by atoms with van der Waals surface area (Å²) in [6, 6.07) is 13.8. The minimum absolute atomic E-state index is 0.0722. The summed E-state index contributed by atoms with van der Waals surface area (Å²) in [5, 5.41) is 25.4. The molecule has 0 radical (unpaired) electrons. The summed E-state index contributed by atoms with van der Waals surface area (Å²) >= 11 is 4.18. The van der Waals surface area contributed by atoms with Gasteiger partial charge >= 0.3 is 18.0 Å². The van der Waals surface area contributed by atoms with Gasteiger partial charge in [0.1, 0.15) is 18.7 Å². The van der Waals surface area contributed by atoms with E-state index in [1.807, 2.05) is 48.5 Å². The second kappa shape index (κ2) is 15.7. The van der Waals surface area contributed by atoms with Crippen LogP contribution in [0.5, 0.6) is 0 Å². The van der Waals surface area contributed by atoms with Crippen LogP contribution in [0.2, 0.25) is 0 Å². The van der Waals surface area contributed by atoms with Gasteiger partial charge in [-0.1, -0.05) is 55.0 Å². The van der Waals surface area contributed by atoms with E-state index >= 15 is 0 Å². The first-order valence-electron chi connectivity index (χ1n) is 13.4. The van der Waals surface area contributed by atoms with E-state index < -0.39 is 41.9 Å². The monoisotopic (exact) mass is 585 g/mol. The number of carboxylic acids is 2. The molecular formula is C29H35N3O8S. The van der Waals surface area contributed by atoms with Gasteiger partial charge in [-0.05, 0) is 41.5 Å². The van der Waals surface area contributed by atoms with Crippen LogP contribution in [-0.4, -0.2) is 71.0 Å². The SMILES string of the molecule is O=C(O)CCC(NC(=O)CCCCCNC(=O)C(CS)NC(=O)OCC1c2ccccc2-c2ccccc21)C(=O)O. The van der Waals surface area contributed by atoms with Gasteiger partial charge in [-0.3, -0.25) is 14.4 Å². The number of carbonyl (C=O) groups excluding carboxylic acids is 3. The van der Waals surface area contributed by atoms with Crippen LogP contribution in [0.4, 0.5) is 4.79 Å². The standard InChI is InChI=1S/C29H35N3O8S/c33-25(31-23(28(37)38)13-14-26(34)35)12-2-1-7-15-30-27(36)24(17-41)32-29(39)40-16-22-20-10-5-3-8-18(20)19-9-4-6-11-21(19)22/h3-6,8-11,22-24,41H,1-2,7,12-17H2,(H,30,36)(H,31,33)(H,32,39)(H,34,35)(H,37,38). The number of hydrogen-bond acceptors (Lipinski definition) is 7. The fourth-order valence-corrected chi connectivity index (χ4v) is 4.95. The van der Waals surface area contributed by atoms with Gasteiger partial charge in [0.05, 0.1) is 0 Å². The van der Waals surface area contributed by atoms with Crippen molar-refractivity contribution >= 4 is 42.5 Å². The molecule has 1 aliphatic rings. The number of nitrogens with one attached hydrogen (secondary N) is 3. The topological polar surface area (TPSA) is 171 Å². The second-order valence-electron chi connectivity index (χ2n) is 9.70. The second-order valence-corrected chi connectivity index (χ2v) is 10.1. The maximum absolute atomic E-state index is 12.5. The molecule has 1 aliphatic carbocycles. The molecule has 0 aliphatic heterocycles. The lowest BCUT2D eigenvalue weighted by Gasteiger charge is -2.18. The minimum atomic E-state index is -1.28. The van der Waals surface area contributed by atoms with Crippen molar-refractivity contribution in [2.75, 3.05) is 18.9 Å². The molecule has 220 valence electrons. The Kier molecular flexibility index (Phi) is 12.0. The third-order valence-corrected chi connectivity index (χ3v) is 7.16. The lowest BCUT2D eigenvalue weighted by Crippen LogP contribution is -2.48. The van der Waals surface area contributed by atoms with Gasteiger partial charge in [0, 0.05) is 31.1 Å². The molecule has 0 aromatic heterocycles. The highest BCUT2D eigenvalue weighted by molar-refractivity contribution is 7.80. The van der Waals surface area contributed by atoms with Crippen LogP contribution >= 0.6 is 12.6 Å². The molecule has 0 fully saturated rings. The Labute approximate surface area is 243 Å². The highest BCUT2D eigenvalue weighted by atomic mass is 32.1. The van der Waals surface area contributed by atoms with Crippen LogP contribution in [0.1, 0.15) is 55.6 Å². The van der Waals surface area contributed by atoms with E-state index in [9.17, 15) is 24.0 Å². The highest BCUT2D eigenvalue weighted by Crippen LogP contribution is 2.44. The normalized spacial score (nSPS) is 13.3. The zero-order valence-electron chi connectivity index (χ0n) is 22.5. The number of unbranched alkanes of at least 4 members (excludes halogenated alkanes) is 2. The van der Waals surface area contributed by atoms with E-state index in [1.165, 1.54) is 0 Å². The minimum Gasteiger partial charge on any atom is -0.481 e. The molecule has 3 amide bonds. The number of alkyl carbamates (subject to hydrolysis) is 1. The number of benzene rings is 2. The molecule has 3 rings (SSSR count). The van der Waals surface area contributed by atoms with Gasteiger partial charge in [-0.25, -0.2) is 9.59 Å². The Hall–Kier alpha value is -4.06. The van der Waals surface area contributed by atoms with Gasteiger partial charge in [0.15, 0.2) is 0 Å². The Balaban J connectivity index is 1.35. The summed E-state index contributed by atoms with van der Waals surface area (Å²) in [5.41, 5.74) is 4.40. The van der Waals surface area contributed by atoms with Crippen LogP contribution < -0.4 is 16.0 Å². The van der Waals surface area contributed by atoms with Gasteiger partial charge in [-0.2, -0.15) is 12.6 Å². The molecule has 2 aromatic carbocycles. The molecule has 12 heteroatoms. The van der Waals surface area contributed by atoms with Crippen LogP contribution in [0.25, 0.3) is 11.1 Å². The number of carboxylic acid groups (broad SMARTS) is 2. The fraction of sp³-hybridized carbons (Fsp3) is 0.414. The van der Waals surface area contributed by atoms with Gasteiger partial charge in [0.25, 0.3) is 0 Å². The van der Waals surface area contributed by atoms with Crippen molar-refractivity contribution < 1.29 is 38.9 Å². The Morgan fingerprint density at radius 2 is 1.46 bits per heavy atom. The average Bonchev–Trinajstić information content (AvgIpc) is 3.27. The molecule has 0 heterocycles. The highest BCUT2D eigenvalue weighted by Gasteiger charge is 2.29. The van der Waals surface area contributed by atoms with Crippen molar-refractivity contribution in [2.24, 2.45) is 0 Å². The van der Waals surface area contributed by atoms with Crippen LogP contribution in [-0.2, 0) is 23.9 Å². The molecule has 2 unspecified atom stereocenters. The van der Waals surface area contributed by atoms with E-state index in [-0.39, 0.29) is 37.5 Å². The van der Waals surface area contributed by atoms with Gasteiger partial charge < -0.3 is 30.9 Å². The number of fused-ring (bicyclic) bond motifs is 3. The van der Waals surface area contributed by atoms with E-state index in [0.29, 0.717) is 25.8 Å². The van der Waals surface area contributed by atoms with Crippen molar-refractivity contribution in [1.82, 2.24) is 16.0 Å². The number of carbonyl (C=O) groups is 5. The van der Waals surface area contributed by atoms with Crippen LogP contribution in [0.15, 0.2) is 48.5 Å². The van der Waals surface area contributed by atoms with Crippen LogP contribution in [0.3, 0.4) is 0 Å². The average molecular weight is 586 g/mol. The first kappa shape index (κ1) is 31.5. The van der Waals surface area contributed by atoms with E-state index in [0.717, 1.165) is 22.3 Å². The summed E-state index contributed by atoms with van der Waals surface area (Å²) in [4.78, 5) is 58.8. The summed E-state index contributed by atoms with van der Waals surface area (Å²) < 4.78 is 5.50. The Morgan fingerprint density at radius 1 is 0.829 bits per heavy atom. The molecule has 0 saturated heterocycles. The van der Waals surface area contributed by atoms with Crippen molar-refractivity contribution in [3.63, 3.8) is 0 Å². The molecule has 11 nitrogen and oxygen atoms in total. The van der Waals surface area contributed by atoms with E-state index in [2.05, 4.69) is 28.6 Å². The summed E-state index contributed by atoms with van der Waals surface area (Å²) in [6.45, 7) is 0.439. The van der Waals surface area contributed by atoms with E-state index in [4.69, 9.17) is 14.9 Å².